The number of rotatable bonds is 2. The lowest BCUT2D eigenvalue weighted by Gasteiger charge is -2.31. The predicted molar refractivity (Wildman–Crippen MR) is 67.3 cm³/mol. The molecule has 1 aromatic rings. The topological polar surface area (TPSA) is 21.3 Å². The molecule has 1 aliphatic rings. The molecule has 0 unspecified atom stereocenters. The van der Waals surface area contributed by atoms with Crippen LogP contribution in [0.5, 0.6) is 5.75 Å². The van der Waals surface area contributed by atoms with Gasteiger partial charge in [-0.25, -0.2) is 0 Å². The second-order valence-corrected chi connectivity index (χ2v) is 5.14. The van der Waals surface area contributed by atoms with Gasteiger partial charge in [0.05, 0.1) is 0 Å². The lowest BCUT2D eigenvalue weighted by atomic mass is 9.80. The Balaban J connectivity index is 2.19. The van der Waals surface area contributed by atoms with Gasteiger partial charge in [0, 0.05) is 0 Å². The van der Waals surface area contributed by atoms with Crippen LogP contribution < -0.4 is 10.1 Å². The quantitative estimate of drug-likeness (QED) is 0.888. The van der Waals surface area contributed by atoms with Crippen molar-refractivity contribution in [1.82, 2.24) is 5.32 Å². The minimum Gasteiger partial charge on any atom is -0.406 e. The van der Waals surface area contributed by atoms with E-state index in [9.17, 15) is 13.2 Å². The first-order chi connectivity index (χ1) is 8.87. The van der Waals surface area contributed by atoms with E-state index in [1.54, 1.807) is 6.07 Å². The van der Waals surface area contributed by atoms with Gasteiger partial charge in [-0.15, -0.1) is 13.2 Å². The maximum absolute atomic E-state index is 12.2. The summed E-state index contributed by atoms with van der Waals surface area (Å²) in [5.41, 5.74) is 1.99. The molecule has 19 heavy (non-hydrogen) atoms. The van der Waals surface area contributed by atoms with Crippen LogP contribution in [-0.4, -0.2) is 19.5 Å². The predicted octanol–water partition coefficient (Wildman–Crippen LogP) is 3.61. The Kier molecular flexibility index (Phi) is 4.04. The fourth-order valence-electron chi connectivity index (χ4n) is 2.74. The molecular weight excluding hydrogens is 255 g/mol. The van der Waals surface area contributed by atoms with Gasteiger partial charge in [-0.2, -0.15) is 0 Å². The third-order valence-corrected chi connectivity index (χ3v) is 3.66. The smallest absolute Gasteiger partial charge is 0.406 e. The minimum absolute atomic E-state index is 0.143. The summed E-state index contributed by atoms with van der Waals surface area (Å²) in [6.07, 6.45) is -3.61. The van der Waals surface area contributed by atoms with Crippen LogP contribution in [0.2, 0.25) is 0 Å². The van der Waals surface area contributed by atoms with Crippen molar-refractivity contribution in [1.29, 1.82) is 0 Å². The van der Waals surface area contributed by atoms with E-state index in [-0.39, 0.29) is 5.75 Å². The van der Waals surface area contributed by atoms with E-state index in [0.29, 0.717) is 11.8 Å². The van der Waals surface area contributed by atoms with Crippen molar-refractivity contribution >= 4 is 0 Å². The molecule has 2 nitrogen and oxygen atoms in total. The number of benzene rings is 1. The van der Waals surface area contributed by atoms with Crippen molar-refractivity contribution in [3.8, 4) is 5.75 Å². The standard InChI is InChI=1S/C14H18F3NO/c1-9-7-11(19-14(15,16)17)3-4-12(9)13-5-6-18-8-10(13)2/h3-4,7,10,13,18H,5-6,8H2,1-2H3/t10-,13+/m1/s1. The molecule has 0 aliphatic carbocycles. The van der Waals surface area contributed by atoms with Crippen LogP contribution in [-0.2, 0) is 0 Å². The molecule has 0 bridgehead atoms. The van der Waals surface area contributed by atoms with Crippen LogP contribution in [0.3, 0.4) is 0 Å². The van der Waals surface area contributed by atoms with Crippen molar-refractivity contribution < 1.29 is 17.9 Å². The second-order valence-electron chi connectivity index (χ2n) is 5.14. The summed E-state index contributed by atoms with van der Waals surface area (Å²) in [4.78, 5) is 0. The number of ether oxygens (including phenoxy) is 1. The molecular formula is C14H18F3NO. The average Bonchev–Trinajstić information content (AvgIpc) is 2.28. The summed E-state index contributed by atoms with van der Waals surface area (Å²) in [7, 11) is 0. The summed E-state index contributed by atoms with van der Waals surface area (Å²) in [5, 5.41) is 3.32. The van der Waals surface area contributed by atoms with Gasteiger partial charge in [-0.3, -0.25) is 0 Å². The van der Waals surface area contributed by atoms with Crippen LogP contribution >= 0.6 is 0 Å². The zero-order chi connectivity index (χ0) is 14.0. The molecule has 0 spiro atoms. The molecule has 1 aliphatic heterocycles. The van der Waals surface area contributed by atoms with E-state index in [4.69, 9.17) is 0 Å². The molecule has 1 heterocycles. The number of aryl methyl sites for hydroxylation is 1. The average molecular weight is 273 g/mol. The maximum Gasteiger partial charge on any atom is 0.573 e. The Labute approximate surface area is 111 Å². The van der Waals surface area contributed by atoms with Crippen LogP contribution in [0.1, 0.15) is 30.4 Å². The first-order valence-electron chi connectivity index (χ1n) is 6.44. The van der Waals surface area contributed by atoms with Gasteiger partial charge in [0.15, 0.2) is 0 Å². The molecule has 106 valence electrons. The van der Waals surface area contributed by atoms with Gasteiger partial charge in [-0.1, -0.05) is 13.0 Å². The Morgan fingerprint density at radius 1 is 1.32 bits per heavy atom. The molecule has 1 aromatic carbocycles. The molecule has 2 rings (SSSR count). The fraction of sp³-hybridized carbons (Fsp3) is 0.571. The number of halogens is 3. The second kappa shape index (κ2) is 5.41. The van der Waals surface area contributed by atoms with E-state index < -0.39 is 6.36 Å². The number of alkyl halides is 3. The largest absolute Gasteiger partial charge is 0.573 e. The molecule has 0 amide bonds. The highest BCUT2D eigenvalue weighted by Gasteiger charge is 2.31. The van der Waals surface area contributed by atoms with E-state index in [0.717, 1.165) is 30.6 Å². The third-order valence-electron chi connectivity index (χ3n) is 3.66. The highest BCUT2D eigenvalue weighted by Crippen LogP contribution is 2.34. The van der Waals surface area contributed by atoms with Crippen LogP contribution in [0, 0.1) is 12.8 Å². The summed E-state index contributed by atoms with van der Waals surface area (Å²) in [6.45, 7) is 5.91. The fourth-order valence-corrected chi connectivity index (χ4v) is 2.74. The summed E-state index contributed by atoms with van der Waals surface area (Å²) in [6, 6.07) is 4.64. The van der Waals surface area contributed by atoms with Crippen LogP contribution in [0.4, 0.5) is 13.2 Å². The van der Waals surface area contributed by atoms with Crippen molar-refractivity contribution in [3.63, 3.8) is 0 Å². The van der Waals surface area contributed by atoms with Crippen molar-refractivity contribution in [2.75, 3.05) is 13.1 Å². The lowest BCUT2D eigenvalue weighted by molar-refractivity contribution is -0.274. The van der Waals surface area contributed by atoms with Gasteiger partial charge < -0.3 is 10.1 Å². The minimum atomic E-state index is -4.63. The number of nitrogens with one attached hydrogen (secondary N) is 1. The number of hydrogen-bond donors (Lipinski definition) is 1. The molecule has 5 heteroatoms. The molecule has 0 radical (unpaired) electrons. The van der Waals surface area contributed by atoms with E-state index in [1.165, 1.54) is 12.1 Å². The highest BCUT2D eigenvalue weighted by molar-refractivity contribution is 5.37. The molecule has 1 fully saturated rings. The molecule has 0 saturated carbocycles. The molecule has 1 N–H and O–H groups in total. The molecule has 0 aromatic heterocycles. The maximum atomic E-state index is 12.2. The van der Waals surface area contributed by atoms with Gasteiger partial charge in [0.1, 0.15) is 5.75 Å². The van der Waals surface area contributed by atoms with Crippen molar-refractivity contribution in [2.24, 2.45) is 5.92 Å². The van der Waals surface area contributed by atoms with Crippen LogP contribution in [0.15, 0.2) is 18.2 Å². The summed E-state index contributed by atoms with van der Waals surface area (Å²) < 4.78 is 40.4. The van der Waals surface area contributed by atoms with Crippen LogP contribution in [0.25, 0.3) is 0 Å². The third kappa shape index (κ3) is 3.62. The monoisotopic (exact) mass is 273 g/mol. The van der Waals surface area contributed by atoms with Crippen molar-refractivity contribution in [3.05, 3.63) is 29.3 Å². The first-order valence-corrected chi connectivity index (χ1v) is 6.44. The van der Waals surface area contributed by atoms with Gasteiger partial charge in [0.2, 0.25) is 0 Å². The van der Waals surface area contributed by atoms with Gasteiger partial charge >= 0.3 is 6.36 Å². The van der Waals surface area contributed by atoms with E-state index in [2.05, 4.69) is 17.0 Å². The zero-order valence-electron chi connectivity index (χ0n) is 11.1. The SMILES string of the molecule is Cc1cc(OC(F)(F)F)ccc1[C@H]1CCNC[C@H]1C. The molecule has 1 saturated heterocycles. The Bertz CT molecular complexity index is 445. The van der Waals surface area contributed by atoms with E-state index in [1.807, 2.05) is 6.92 Å². The molecule has 2 atom stereocenters. The van der Waals surface area contributed by atoms with Gasteiger partial charge in [-0.05, 0) is 61.5 Å². The van der Waals surface area contributed by atoms with E-state index >= 15 is 0 Å². The Morgan fingerprint density at radius 3 is 2.63 bits per heavy atom. The normalized spacial score (nSPS) is 24.3. The van der Waals surface area contributed by atoms with Crippen molar-refractivity contribution in [2.45, 2.75) is 32.5 Å². The highest BCUT2D eigenvalue weighted by atomic mass is 19.4. The number of hydrogen-bond acceptors (Lipinski definition) is 2. The summed E-state index contributed by atoms with van der Waals surface area (Å²) >= 11 is 0. The zero-order valence-corrected chi connectivity index (χ0v) is 11.1. The van der Waals surface area contributed by atoms with Gasteiger partial charge in [0.25, 0.3) is 0 Å². The summed E-state index contributed by atoms with van der Waals surface area (Å²) in [5.74, 6) is 0.748. The first kappa shape index (κ1) is 14.2. The number of piperidine rings is 1. The Morgan fingerprint density at radius 2 is 2.05 bits per heavy atom. The lowest BCUT2D eigenvalue weighted by Crippen LogP contribution is -2.34. The Hall–Kier alpha value is -1.23.